The summed E-state index contributed by atoms with van der Waals surface area (Å²) in [6, 6.07) is 1.94. The van der Waals surface area contributed by atoms with Crippen LogP contribution in [0, 0.1) is 0 Å². The molecule has 0 aromatic carbocycles. The molecule has 73 heavy (non-hydrogen) atoms. The van der Waals surface area contributed by atoms with E-state index in [0.717, 1.165) is 12.1 Å². The van der Waals surface area contributed by atoms with E-state index in [9.17, 15) is 0 Å². The summed E-state index contributed by atoms with van der Waals surface area (Å²) in [5.74, 6) is 0. The second-order valence-corrected chi connectivity index (χ2v) is 26.8. The number of quaternary nitrogens is 1. The average molecular weight is 1070 g/mol. The van der Waals surface area contributed by atoms with Crippen molar-refractivity contribution >= 4 is 9.28 Å². The molecule has 0 N–H and O–H groups in total. The highest BCUT2D eigenvalue weighted by Crippen LogP contribution is 2.27. The first-order chi connectivity index (χ1) is 35.6. The quantitative estimate of drug-likeness (QED) is 0.0343. The van der Waals surface area contributed by atoms with Crippen molar-refractivity contribution in [2.24, 2.45) is 0 Å². The maximum absolute atomic E-state index is 5.86. The van der Waals surface area contributed by atoms with Crippen LogP contribution in [0.1, 0.15) is 394 Å². The van der Waals surface area contributed by atoms with E-state index < -0.39 is 9.28 Å². The molecule has 0 aliphatic rings. The first-order valence-corrected chi connectivity index (χ1v) is 36.3. The average Bonchev–Trinajstić information content (AvgIpc) is 3.39. The zero-order valence-electron chi connectivity index (χ0n) is 51.9. The lowest BCUT2D eigenvalue weighted by Crippen LogP contribution is -3.00. The molecule has 0 bridgehead atoms. The zero-order chi connectivity index (χ0) is 52.2. The van der Waals surface area contributed by atoms with Crippen LogP contribution in [-0.2, 0) is 8.85 Å². The molecule has 1 atom stereocenters. The normalized spacial score (nSPS) is 12.4. The molecule has 442 valence electrons. The van der Waals surface area contributed by atoms with Gasteiger partial charge in [-0.05, 0) is 57.9 Å². The molecule has 3 nitrogen and oxygen atoms in total. The van der Waals surface area contributed by atoms with Gasteiger partial charge in [-0.25, -0.2) is 0 Å². The minimum atomic E-state index is -1.52. The number of unbranched alkanes of at least 4 members (excludes halogenated alkanes) is 52. The van der Waals surface area contributed by atoms with Crippen molar-refractivity contribution in [3.63, 3.8) is 0 Å². The Hall–Kier alpha value is 0.387. The number of rotatable bonds is 65. The van der Waals surface area contributed by atoms with Crippen LogP contribution < -0.4 is 12.4 Å². The predicted octanol–water partition coefficient (Wildman–Crippen LogP) is 21.0. The largest absolute Gasteiger partial charge is 1.00 e. The van der Waals surface area contributed by atoms with Crippen molar-refractivity contribution in [1.29, 1.82) is 0 Å². The molecule has 0 radical (unpaired) electrons. The Bertz CT molecular complexity index is 924. The summed E-state index contributed by atoms with van der Waals surface area (Å²) in [6.07, 6.45) is 83.0. The van der Waals surface area contributed by atoms with Gasteiger partial charge in [0.2, 0.25) is 0 Å². The zero-order valence-corrected chi connectivity index (χ0v) is 53.8. The highest BCUT2D eigenvalue weighted by Gasteiger charge is 2.33. The topological polar surface area (TPSA) is 18.5 Å². The Morgan fingerprint density at radius 2 is 0.438 bits per heavy atom. The first kappa shape index (κ1) is 75.5. The molecular formula is C68H142ClNO2Si. The number of nitrogens with zero attached hydrogens (tertiary/aromatic N) is 1. The van der Waals surface area contributed by atoms with Gasteiger partial charge in [0.15, 0.2) is 0 Å². The third-order valence-electron chi connectivity index (χ3n) is 17.6. The molecule has 0 saturated carbocycles. The monoisotopic (exact) mass is 1070 g/mol. The minimum absolute atomic E-state index is 0. The highest BCUT2D eigenvalue weighted by atomic mass is 35.5. The van der Waals surface area contributed by atoms with E-state index in [-0.39, 0.29) is 12.4 Å². The summed E-state index contributed by atoms with van der Waals surface area (Å²) < 4.78 is 13.1. The Morgan fingerprint density at radius 1 is 0.260 bits per heavy atom. The predicted molar refractivity (Wildman–Crippen MR) is 330 cm³/mol. The highest BCUT2D eigenvalue weighted by molar-refractivity contribution is 6.44. The molecule has 0 aliphatic heterocycles. The molecule has 0 aromatic heterocycles. The van der Waals surface area contributed by atoms with Crippen molar-refractivity contribution in [2.45, 2.75) is 406 Å². The molecule has 0 heterocycles. The van der Waals surface area contributed by atoms with Crippen LogP contribution in [0.5, 0.6) is 0 Å². The third-order valence-corrected chi connectivity index (χ3v) is 19.6. The van der Waals surface area contributed by atoms with Gasteiger partial charge in [-0.3, -0.25) is 0 Å². The Labute approximate surface area is 472 Å². The Balaban J connectivity index is 0. The molecular weight excluding hydrogens is 926 g/mol. The van der Waals surface area contributed by atoms with Crippen molar-refractivity contribution in [3.05, 3.63) is 0 Å². The van der Waals surface area contributed by atoms with Gasteiger partial charge in [-0.15, -0.1) is 0 Å². The second-order valence-electron chi connectivity index (χ2n) is 24.5. The summed E-state index contributed by atoms with van der Waals surface area (Å²) in [7, 11) is 2.26. The number of hydrogen-bond acceptors (Lipinski definition) is 2. The summed E-state index contributed by atoms with van der Waals surface area (Å²) in [4.78, 5) is 0. The van der Waals surface area contributed by atoms with Crippen LogP contribution in [0.15, 0.2) is 0 Å². The molecule has 5 heteroatoms. The van der Waals surface area contributed by atoms with Gasteiger partial charge in [-0.1, -0.05) is 342 Å². The van der Waals surface area contributed by atoms with Crippen LogP contribution in [-0.4, -0.2) is 53.7 Å². The van der Waals surface area contributed by atoms with Crippen LogP contribution in [0.25, 0.3) is 0 Å². The van der Waals surface area contributed by atoms with Crippen LogP contribution in [0.2, 0.25) is 6.04 Å². The Kier molecular flexibility index (Phi) is 67.1. The summed E-state index contributed by atoms with van der Waals surface area (Å²) in [5, 5.41) is 0. The van der Waals surface area contributed by atoms with Crippen LogP contribution in [0.4, 0.5) is 0 Å². The SMILES string of the molecule is CCCCCCCCCCCCCCCCCCCCCC(C)[N+](CCCCCCCCCCCCCCCCCCCC)(CCCCCCCCCCCCCCCCCCCC)CCC[SiH](OC)OC.[Cl-]. The fourth-order valence-electron chi connectivity index (χ4n) is 12.4. The van der Waals surface area contributed by atoms with E-state index in [4.69, 9.17) is 8.85 Å². The van der Waals surface area contributed by atoms with E-state index >= 15 is 0 Å². The maximum atomic E-state index is 5.86. The fourth-order valence-corrected chi connectivity index (χ4v) is 13.5. The first-order valence-electron chi connectivity index (χ1n) is 34.5. The van der Waals surface area contributed by atoms with Crippen molar-refractivity contribution in [1.82, 2.24) is 0 Å². The van der Waals surface area contributed by atoms with Gasteiger partial charge in [-0.2, -0.15) is 0 Å². The van der Waals surface area contributed by atoms with Gasteiger partial charge in [0.25, 0.3) is 0 Å². The molecule has 0 spiro atoms. The van der Waals surface area contributed by atoms with Crippen molar-refractivity contribution < 1.29 is 25.7 Å². The van der Waals surface area contributed by atoms with Gasteiger partial charge in [0.1, 0.15) is 0 Å². The Morgan fingerprint density at radius 3 is 0.644 bits per heavy atom. The molecule has 0 aliphatic carbocycles. The summed E-state index contributed by atoms with van der Waals surface area (Å²) >= 11 is 0. The molecule has 0 rings (SSSR count). The summed E-state index contributed by atoms with van der Waals surface area (Å²) in [6.45, 7) is 13.8. The second kappa shape index (κ2) is 64.9. The standard InChI is InChI=1S/C68H142NO2Si.ClH/c1-7-10-13-16-19-22-25-28-31-34-37-38-41-44-47-50-53-56-59-63-68(4)69(66-62-67-72(70-5)71-6,64-60-57-54-51-48-45-42-39-35-32-29-26-23-20-17-14-11-8-2)65-61-58-55-52-49-46-43-40-36-33-30-27-24-21-18-15-12-9-3;/h68,72H,7-67H2,1-6H3;1H/q+1;/p-1. The third kappa shape index (κ3) is 55.5. The summed E-state index contributed by atoms with van der Waals surface area (Å²) in [5.41, 5.74) is 0. The minimum Gasteiger partial charge on any atom is -1.00 e. The van der Waals surface area contributed by atoms with Gasteiger partial charge in [0, 0.05) is 14.2 Å². The lowest BCUT2D eigenvalue weighted by Gasteiger charge is -2.45. The van der Waals surface area contributed by atoms with Gasteiger partial charge >= 0.3 is 9.28 Å². The van der Waals surface area contributed by atoms with E-state index in [1.165, 1.54) is 390 Å². The van der Waals surface area contributed by atoms with E-state index in [1.807, 2.05) is 14.2 Å². The van der Waals surface area contributed by atoms with Crippen LogP contribution in [0.3, 0.4) is 0 Å². The van der Waals surface area contributed by atoms with Crippen molar-refractivity contribution in [2.75, 3.05) is 33.9 Å². The van der Waals surface area contributed by atoms with Crippen LogP contribution >= 0.6 is 0 Å². The van der Waals surface area contributed by atoms with Gasteiger partial charge < -0.3 is 25.7 Å². The van der Waals surface area contributed by atoms with E-state index in [1.54, 1.807) is 0 Å². The van der Waals surface area contributed by atoms with Gasteiger partial charge in [0.05, 0.1) is 25.7 Å². The smallest absolute Gasteiger partial charge is 0.321 e. The lowest BCUT2D eigenvalue weighted by molar-refractivity contribution is -0.950. The maximum Gasteiger partial charge on any atom is 0.321 e. The van der Waals surface area contributed by atoms with E-state index in [2.05, 4.69) is 27.7 Å². The van der Waals surface area contributed by atoms with E-state index in [0.29, 0.717) is 0 Å². The fraction of sp³-hybridized carbons (Fsp3) is 1.00. The molecule has 0 saturated heterocycles. The number of halogens is 1. The lowest BCUT2D eigenvalue weighted by atomic mass is 9.99. The molecule has 0 aromatic rings. The molecule has 0 amide bonds. The molecule has 1 unspecified atom stereocenters. The molecule has 0 fully saturated rings. The van der Waals surface area contributed by atoms with Crippen molar-refractivity contribution in [3.8, 4) is 0 Å². The number of hydrogen-bond donors (Lipinski definition) is 0.